The lowest BCUT2D eigenvalue weighted by Crippen LogP contribution is -2.04. The Balaban J connectivity index is 2.49. The summed E-state index contributed by atoms with van der Waals surface area (Å²) in [7, 11) is 0. The molecule has 2 rings (SSSR count). The Morgan fingerprint density at radius 3 is 2.32 bits per heavy atom. The Morgan fingerprint density at radius 1 is 1.00 bits per heavy atom. The van der Waals surface area contributed by atoms with E-state index in [1.807, 2.05) is 26.0 Å². The molecule has 0 spiro atoms. The van der Waals surface area contributed by atoms with Gasteiger partial charge in [0.2, 0.25) is 0 Å². The molecule has 0 aliphatic heterocycles. The van der Waals surface area contributed by atoms with Crippen LogP contribution in [0.1, 0.15) is 32.6 Å². The topological polar surface area (TPSA) is 17.1 Å². The number of aryl methyl sites for hydroxylation is 3. The van der Waals surface area contributed by atoms with Gasteiger partial charge in [-0.05, 0) is 55.7 Å². The molecule has 3 heteroatoms. The van der Waals surface area contributed by atoms with Crippen LogP contribution in [-0.4, -0.2) is 5.78 Å². The Kier molecular flexibility index (Phi) is 3.72. The molecule has 0 aliphatic rings. The van der Waals surface area contributed by atoms with Gasteiger partial charge in [-0.2, -0.15) is 0 Å². The molecule has 1 nitrogen and oxygen atoms in total. The third-order valence-corrected chi connectivity index (χ3v) is 3.57. The van der Waals surface area contributed by atoms with Crippen LogP contribution in [-0.2, 0) is 0 Å². The third kappa shape index (κ3) is 2.69. The van der Waals surface area contributed by atoms with Crippen molar-refractivity contribution in [2.75, 3.05) is 0 Å². The summed E-state index contributed by atoms with van der Waals surface area (Å²) in [5, 5.41) is 0.145. The minimum absolute atomic E-state index is 0.145. The maximum absolute atomic E-state index is 13.3. The number of carbonyl (C=O) groups excluding carboxylic acids is 1. The monoisotopic (exact) mass is 276 g/mol. The van der Waals surface area contributed by atoms with Crippen LogP contribution in [0.2, 0.25) is 5.02 Å². The summed E-state index contributed by atoms with van der Waals surface area (Å²) in [5.74, 6) is -0.585. The highest BCUT2D eigenvalue weighted by atomic mass is 35.5. The van der Waals surface area contributed by atoms with Crippen LogP contribution in [0.15, 0.2) is 30.3 Å². The second-order valence-electron chi connectivity index (χ2n) is 4.71. The van der Waals surface area contributed by atoms with Gasteiger partial charge in [-0.3, -0.25) is 4.79 Å². The van der Waals surface area contributed by atoms with E-state index in [9.17, 15) is 9.18 Å². The summed E-state index contributed by atoms with van der Waals surface area (Å²) >= 11 is 5.96. The molecule has 2 aromatic rings. The fourth-order valence-electron chi connectivity index (χ4n) is 1.87. The van der Waals surface area contributed by atoms with Crippen LogP contribution in [0, 0.1) is 26.6 Å². The lowest BCUT2D eigenvalue weighted by Gasteiger charge is -2.08. The largest absolute Gasteiger partial charge is 0.289 e. The highest BCUT2D eigenvalue weighted by Crippen LogP contribution is 2.24. The smallest absolute Gasteiger partial charge is 0.194 e. The maximum atomic E-state index is 13.3. The Morgan fingerprint density at radius 2 is 1.68 bits per heavy atom. The zero-order valence-electron chi connectivity index (χ0n) is 11.1. The van der Waals surface area contributed by atoms with Crippen molar-refractivity contribution >= 4 is 17.4 Å². The van der Waals surface area contributed by atoms with E-state index in [0.717, 1.165) is 11.1 Å². The van der Waals surface area contributed by atoms with Crippen molar-refractivity contribution < 1.29 is 9.18 Å². The van der Waals surface area contributed by atoms with E-state index >= 15 is 0 Å². The molecular formula is C16H14ClFO. The molecule has 0 fully saturated rings. The lowest BCUT2D eigenvalue weighted by atomic mass is 9.98. The zero-order chi connectivity index (χ0) is 14.2. The van der Waals surface area contributed by atoms with Crippen molar-refractivity contribution in [1.29, 1.82) is 0 Å². The number of rotatable bonds is 2. The van der Waals surface area contributed by atoms with Crippen molar-refractivity contribution in [3.63, 3.8) is 0 Å². The number of hydrogen-bond acceptors (Lipinski definition) is 1. The number of halogens is 2. The number of hydrogen-bond donors (Lipinski definition) is 0. The number of carbonyl (C=O) groups is 1. The predicted octanol–water partition coefficient (Wildman–Crippen LogP) is 4.64. The summed E-state index contributed by atoms with van der Waals surface area (Å²) in [6, 6.07) is 8.17. The molecule has 0 N–H and O–H groups in total. The van der Waals surface area contributed by atoms with Gasteiger partial charge in [0, 0.05) is 11.1 Å². The van der Waals surface area contributed by atoms with Gasteiger partial charge in [-0.1, -0.05) is 23.7 Å². The Bertz CT molecular complexity index is 662. The van der Waals surface area contributed by atoms with Gasteiger partial charge in [-0.15, -0.1) is 0 Å². The quantitative estimate of drug-likeness (QED) is 0.731. The van der Waals surface area contributed by atoms with Gasteiger partial charge in [0.1, 0.15) is 5.82 Å². The highest BCUT2D eigenvalue weighted by Gasteiger charge is 2.15. The molecule has 0 bridgehead atoms. The SMILES string of the molecule is Cc1ccc(C(=O)c2cc(C)c(F)cc2Cl)cc1C. The van der Waals surface area contributed by atoms with Gasteiger partial charge >= 0.3 is 0 Å². The molecular weight excluding hydrogens is 263 g/mol. The molecule has 2 aromatic carbocycles. The summed E-state index contributed by atoms with van der Waals surface area (Å²) in [6.45, 7) is 5.55. The van der Waals surface area contributed by atoms with Crippen molar-refractivity contribution in [1.82, 2.24) is 0 Å². The van der Waals surface area contributed by atoms with Crippen molar-refractivity contribution in [2.24, 2.45) is 0 Å². The van der Waals surface area contributed by atoms with Gasteiger partial charge in [0.05, 0.1) is 5.02 Å². The molecule has 0 aromatic heterocycles. The van der Waals surface area contributed by atoms with E-state index in [1.54, 1.807) is 13.0 Å². The average molecular weight is 277 g/mol. The summed E-state index contributed by atoms with van der Waals surface area (Å²) in [6.07, 6.45) is 0. The first-order valence-corrected chi connectivity index (χ1v) is 6.35. The fourth-order valence-corrected chi connectivity index (χ4v) is 2.11. The standard InChI is InChI=1S/C16H14ClFO/c1-9-4-5-12(6-10(9)2)16(19)13-7-11(3)15(18)8-14(13)17/h4-8H,1-3H3. The molecule has 19 heavy (non-hydrogen) atoms. The molecule has 98 valence electrons. The molecule has 0 atom stereocenters. The predicted molar refractivity (Wildman–Crippen MR) is 75.5 cm³/mol. The van der Waals surface area contributed by atoms with Crippen LogP contribution >= 0.6 is 11.6 Å². The Hall–Kier alpha value is -1.67. The normalized spacial score (nSPS) is 10.6. The van der Waals surface area contributed by atoms with Crippen molar-refractivity contribution in [3.05, 3.63) is 69.0 Å². The van der Waals surface area contributed by atoms with Crippen LogP contribution in [0.4, 0.5) is 4.39 Å². The Labute approximate surface area is 117 Å². The molecule has 0 amide bonds. The van der Waals surface area contributed by atoms with Gasteiger partial charge in [0.15, 0.2) is 5.78 Å². The van der Waals surface area contributed by atoms with Gasteiger partial charge in [-0.25, -0.2) is 4.39 Å². The molecule has 0 saturated heterocycles. The van der Waals surface area contributed by atoms with Crippen LogP contribution in [0.3, 0.4) is 0 Å². The van der Waals surface area contributed by atoms with Crippen LogP contribution in [0.5, 0.6) is 0 Å². The van der Waals surface area contributed by atoms with Crippen LogP contribution in [0.25, 0.3) is 0 Å². The van der Waals surface area contributed by atoms with E-state index in [-0.39, 0.29) is 10.8 Å². The minimum atomic E-state index is -0.401. The number of benzene rings is 2. The first-order valence-electron chi connectivity index (χ1n) is 5.97. The third-order valence-electron chi connectivity index (χ3n) is 3.26. The molecule has 0 unspecified atom stereocenters. The van der Waals surface area contributed by atoms with Crippen molar-refractivity contribution in [3.8, 4) is 0 Å². The summed E-state index contributed by atoms with van der Waals surface area (Å²) in [5.41, 5.74) is 3.48. The maximum Gasteiger partial charge on any atom is 0.194 e. The molecule has 0 aliphatic carbocycles. The van der Waals surface area contributed by atoms with E-state index in [2.05, 4.69) is 0 Å². The highest BCUT2D eigenvalue weighted by molar-refractivity contribution is 6.35. The molecule has 0 radical (unpaired) electrons. The summed E-state index contributed by atoms with van der Waals surface area (Å²) in [4.78, 5) is 12.4. The second kappa shape index (κ2) is 5.14. The van der Waals surface area contributed by atoms with Crippen LogP contribution < -0.4 is 0 Å². The minimum Gasteiger partial charge on any atom is -0.289 e. The summed E-state index contributed by atoms with van der Waals surface area (Å²) < 4.78 is 13.3. The molecule has 0 saturated carbocycles. The van der Waals surface area contributed by atoms with E-state index in [1.165, 1.54) is 12.1 Å². The van der Waals surface area contributed by atoms with E-state index in [0.29, 0.717) is 16.7 Å². The van der Waals surface area contributed by atoms with E-state index in [4.69, 9.17) is 11.6 Å². The number of ketones is 1. The van der Waals surface area contributed by atoms with Crippen molar-refractivity contribution in [2.45, 2.75) is 20.8 Å². The fraction of sp³-hybridized carbons (Fsp3) is 0.188. The average Bonchev–Trinajstić information content (AvgIpc) is 2.36. The molecule has 0 heterocycles. The van der Waals surface area contributed by atoms with Gasteiger partial charge < -0.3 is 0 Å². The zero-order valence-corrected chi connectivity index (χ0v) is 11.8. The van der Waals surface area contributed by atoms with E-state index < -0.39 is 5.82 Å². The lowest BCUT2D eigenvalue weighted by molar-refractivity contribution is 0.103. The first-order chi connectivity index (χ1) is 8.90. The van der Waals surface area contributed by atoms with Gasteiger partial charge in [0.25, 0.3) is 0 Å². The second-order valence-corrected chi connectivity index (χ2v) is 5.12. The first kappa shape index (κ1) is 13.8.